The average Bonchev–Trinajstić information content (AvgIpc) is 3.08. The zero-order valence-electron chi connectivity index (χ0n) is 16.1. The standard InChI is InChI=1S/C22H25N3O2/c1-17-6-4-8-19(14-17)21-11-13-25(23-21)12-10-18-7-5-9-20(15-18)27-22(26)16-24(2)3/h4-9,11,13-15H,10,12,16H2,1-3H3. The van der Waals surface area contributed by atoms with Crippen molar-refractivity contribution in [3.63, 3.8) is 0 Å². The number of aromatic nitrogens is 2. The Labute approximate surface area is 160 Å². The third-order valence-corrected chi connectivity index (χ3v) is 4.16. The molecule has 0 aliphatic rings. The molecule has 0 radical (unpaired) electrons. The van der Waals surface area contributed by atoms with Gasteiger partial charge < -0.3 is 4.74 Å². The topological polar surface area (TPSA) is 47.4 Å². The number of nitrogens with zero attached hydrogens (tertiary/aromatic N) is 3. The van der Waals surface area contributed by atoms with Gasteiger partial charge >= 0.3 is 5.97 Å². The molecule has 1 aromatic heterocycles. The van der Waals surface area contributed by atoms with E-state index in [0.29, 0.717) is 5.75 Å². The van der Waals surface area contributed by atoms with Crippen molar-refractivity contribution in [2.24, 2.45) is 0 Å². The smallest absolute Gasteiger partial charge is 0.325 e. The molecule has 0 atom stereocenters. The van der Waals surface area contributed by atoms with Gasteiger partial charge in [0.15, 0.2) is 0 Å². The normalized spacial score (nSPS) is 11.0. The monoisotopic (exact) mass is 363 g/mol. The molecule has 0 saturated carbocycles. The first-order valence-corrected chi connectivity index (χ1v) is 9.04. The number of likely N-dealkylation sites (N-methyl/N-ethyl adjacent to an activating group) is 1. The quantitative estimate of drug-likeness (QED) is 0.476. The summed E-state index contributed by atoms with van der Waals surface area (Å²) in [5.41, 5.74) is 4.44. The van der Waals surface area contributed by atoms with Gasteiger partial charge in [0.2, 0.25) is 0 Å². The van der Waals surface area contributed by atoms with E-state index < -0.39 is 0 Å². The lowest BCUT2D eigenvalue weighted by Gasteiger charge is -2.10. The molecule has 0 fully saturated rings. The van der Waals surface area contributed by atoms with Gasteiger partial charge in [-0.25, -0.2) is 0 Å². The van der Waals surface area contributed by atoms with Crippen LogP contribution in [0.3, 0.4) is 0 Å². The van der Waals surface area contributed by atoms with Crippen LogP contribution in [0, 0.1) is 6.92 Å². The van der Waals surface area contributed by atoms with Crippen LogP contribution in [0.4, 0.5) is 0 Å². The molecule has 0 N–H and O–H groups in total. The molecule has 0 saturated heterocycles. The van der Waals surface area contributed by atoms with Crippen LogP contribution in [0.1, 0.15) is 11.1 Å². The number of rotatable bonds is 7. The van der Waals surface area contributed by atoms with Crippen molar-refractivity contribution in [2.45, 2.75) is 19.9 Å². The average molecular weight is 363 g/mol. The Morgan fingerprint density at radius 1 is 1.11 bits per heavy atom. The Hall–Kier alpha value is -2.92. The minimum Gasteiger partial charge on any atom is -0.426 e. The number of carbonyl (C=O) groups is 1. The van der Waals surface area contributed by atoms with E-state index in [1.54, 1.807) is 11.0 Å². The summed E-state index contributed by atoms with van der Waals surface area (Å²) >= 11 is 0. The fourth-order valence-electron chi connectivity index (χ4n) is 2.87. The van der Waals surface area contributed by atoms with E-state index in [1.165, 1.54) is 5.56 Å². The van der Waals surface area contributed by atoms with Gasteiger partial charge in [-0.2, -0.15) is 5.10 Å². The van der Waals surface area contributed by atoms with Gasteiger partial charge in [0.1, 0.15) is 5.75 Å². The summed E-state index contributed by atoms with van der Waals surface area (Å²) in [5, 5.41) is 4.67. The molecular formula is C22H25N3O2. The zero-order chi connectivity index (χ0) is 19.2. The molecule has 5 nitrogen and oxygen atoms in total. The molecule has 0 aliphatic heterocycles. The van der Waals surface area contributed by atoms with Gasteiger partial charge in [0.25, 0.3) is 0 Å². The van der Waals surface area contributed by atoms with Crippen LogP contribution in [0.2, 0.25) is 0 Å². The summed E-state index contributed by atoms with van der Waals surface area (Å²) in [6.07, 6.45) is 2.81. The van der Waals surface area contributed by atoms with Crippen molar-refractivity contribution in [1.82, 2.24) is 14.7 Å². The number of esters is 1. The fourth-order valence-corrected chi connectivity index (χ4v) is 2.87. The Morgan fingerprint density at radius 3 is 2.70 bits per heavy atom. The maximum Gasteiger partial charge on any atom is 0.325 e. The minimum absolute atomic E-state index is 0.257. The second kappa shape index (κ2) is 8.64. The third-order valence-electron chi connectivity index (χ3n) is 4.16. The molecule has 27 heavy (non-hydrogen) atoms. The Kier molecular flexibility index (Phi) is 6.04. The van der Waals surface area contributed by atoms with Crippen molar-refractivity contribution in [2.75, 3.05) is 20.6 Å². The number of ether oxygens (including phenoxy) is 1. The Morgan fingerprint density at radius 2 is 1.93 bits per heavy atom. The van der Waals surface area contributed by atoms with Crippen LogP contribution in [0.25, 0.3) is 11.3 Å². The summed E-state index contributed by atoms with van der Waals surface area (Å²) in [4.78, 5) is 13.6. The van der Waals surface area contributed by atoms with Crippen LogP contribution < -0.4 is 4.74 Å². The van der Waals surface area contributed by atoms with Crippen LogP contribution in [-0.4, -0.2) is 41.3 Å². The molecule has 0 bridgehead atoms. The maximum absolute atomic E-state index is 11.8. The summed E-state index contributed by atoms with van der Waals surface area (Å²) < 4.78 is 7.33. The highest BCUT2D eigenvalue weighted by Crippen LogP contribution is 2.19. The van der Waals surface area contributed by atoms with Gasteiger partial charge in [0.05, 0.1) is 12.2 Å². The van der Waals surface area contributed by atoms with E-state index in [4.69, 9.17) is 4.74 Å². The van der Waals surface area contributed by atoms with Crippen LogP contribution in [-0.2, 0) is 17.8 Å². The van der Waals surface area contributed by atoms with Gasteiger partial charge in [-0.05, 0) is 57.3 Å². The molecule has 140 valence electrons. The number of hydrogen-bond acceptors (Lipinski definition) is 4. The SMILES string of the molecule is Cc1cccc(-c2ccn(CCc3cccc(OC(=O)CN(C)C)c3)n2)c1. The van der Waals surface area contributed by atoms with Crippen molar-refractivity contribution in [3.8, 4) is 17.0 Å². The van der Waals surface area contributed by atoms with Crippen molar-refractivity contribution in [3.05, 3.63) is 71.9 Å². The minimum atomic E-state index is -0.257. The third kappa shape index (κ3) is 5.53. The lowest BCUT2D eigenvalue weighted by atomic mass is 10.1. The number of aryl methyl sites for hydroxylation is 3. The molecular weight excluding hydrogens is 338 g/mol. The summed E-state index contributed by atoms with van der Waals surface area (Å²) in [6, 6.07) is 18.0. The molecule has 1 heterocycles. The molecule has 0 amide bonds. The van der Waals surface area contributed by atoms with Crippen LogP contribution in [0.15, 0.2) is 60.8 Å². The highest BCUT2D eigenvalue weighted by atomic mass is 16.5. The Bertz CT molecular complexity index is 915. The molecule has 0 unspecified atom stereocenters. The van der Waals surface area contributed by atoms with E-state index in [0.717, 1.165) is 29.8 Å². The molecule has 0 spiro atoms. The molecule has 3 aromatic rings. The van der Waals surface area contributed by atoms with E-state index in [9.17, 15) is 4.79 Å². The first-order chi connectivity index (χ1) is 13.0. The van der Waals surface area contributed by atoms with Crippen molar-refractivity contribution in [1.29, 1.82) is 0 Å². The highest BCUT2D eigenvalue weighted by Gasteiger charge is 2.07. The largest absolute Gasteiger partial charge is 0.426 e. The lowest BCUT2D eigenvalue weighted by Crippen LogP contribution is -2.25. The molecule has 3 rings (SSSR count). The highest BCUT2D eigenvalue weighted by molar-refractivity contribution is 5.74. The van der Waals surface area contributed by atoms with E-state index in [1.807, 2.05) is 55.3 Å². The summed E-state index contributed by atoms with van der Waals surface area (Å²) in [5.74, 6) is 0.326. The van der Waals surface area contributed by atoms with Gasteiger partial charge in [0, 0.05) is 18.3 Å². The number of benzene rings is 2. The van der Waals surface area contributed by atoms with Crippen molar-refractivity contribution >= 4 is 5.97 Å². The van der Waals surface area contributed by atoms with E-state index in [2.05, 4.69) is 30.2 Å². The van der Waals surface area contributed by atoms with E-state index in [-0.39, 0.29) is 12.5 Å². The molecule has 5 heteroatoms. The second-order valence-corrected chi connectivity index (χ2v) is 6.94. The predicted molar refractivity (Wildman–Crippen MR) is 107 cm³/mol. The second-order valence-electron chi connectivity index (χ2n) is 6.94. The van der Waals surface area contributed by atoms with Crippen LogP contribution in [0.5, 0.6) is 5.75 Å². The number of hydrogen-bond donors (Lipinski definition) is 0. The van der Waals surface area contributed by atoms with Gasteiger partial charge in [-0.1, -0.05) is 35.9 Å². The lowest BCUT2D eigenvalue weighted by molar-refractivity contribution is -0.135. The summed E-state index contributed by atoms with van der Waals surface area (Å²) in [6.45, 7) is 3.11. The van der Waals surface area contributed by atoms with E-state index >= 15 is 0 Å². The first-order valence-electron chi connectivity index (χ1n) is 9.04. The van der Waals surface area contributed by atoms with Gasteiger partial charge in [-0.3, -0.25) is 14.4 Å². The molecule has 0 aliphatic carbocycles. The fraction of sp³-hybridized carbons (Fsp3) is 0.273. The predicted octanol–water partition coefficient (Wildman–Crippen LogP) is 3.57. The van der Waals surface area contributed by atoms with Crippen molar-refractivity contribution < 1.29 is 9.53 Å². The van der Waals surface area contributed by atoms with Crippen LogP contribution >= 0.6 is 0 Å². The first kappa shape index (κ1) is 18.9. The zero-order valence-corrected chi connectivity index (χ0v) is 16.1. The van der Waals surface area contributed by atoms with Gasteiger partial charge in [-0.15, -0.1) is 0 Å². The Balaban J connectivity index is 1.60. The number of carbonyl (C=O) groups excluding carboxylic acids is 1. The summed E-state index contributed by atoms with van der Waals surface area (Å²) in [7, 11) is 3.68. The molecule has 2 aromatic carbocycles. The maximum atomic E-state index is 11.8.